The summed E-state index contributed by atoms with van der Waals surface area (Å²) in [7, 11) is 1.62. The number of fused-ring (bicyclic) bond motifs is 2. The second-order valence-corrected chi connectivity index (χ2v) is 9.62. The molecule has 0 aromatic heterocycles. The van der Waals surface area contributed by atoms with Gasteiger partial charge in [0.15, 0.2) is 0 Å². The van der Waals surface area contributed by atoms with E-state index in [4.69, 9.17) is 4.74 Å². The van der Waals surface area contributed by atoms with Crippen molar-refractivity contribution in [2.24, 2.45) is 11.8 Å². The number of hydrogen-bond donors (Lipinski definition) is 1. The highest BCUT2D eigenvalue weighted by molar-refractivity contribution is 6.06. The SMILES string of the molecule is CC[C@H](NC(=O)N1c2ccc(OC)cc2C(C)=CC1(C)C)N1C(=O)[C@H]2CCCC[C@@H]2C1=O. The number of carbonyl (C=O) groups is 3. The van der Waals surface area contributed by atoms with E-state index in [0.29, 0.717) is 6.42 Å². The Kier molecular flexibility index (Phi) is 5.77. The van der Waals surface area contributed by atoms with E-state index in [1.807, 2.05) is 45.9 Å². The van der Waals surface area contributed by atoms with Crippen LogP contribution in [0.1, 0.15) is 65.4 Å². The summed E-state index contributed by atoms with van der Waals surface area (Å²) in [6.45, 7) is 7.86. The summed E-state index contributed by atoms with van der Waals surface area (Å²) in [6, 6.07) is 5.32. The molecule has 4 rings (SSSR count). The average molecular weight is 440 g/mol. The van der Waals surface area contributed by atoms with E-state index in [2.05, 4.69) is 11.4 Å². The van der Waals surface area contributed by atoms with Crippen molar-refractivity contribution in [3.8, 4) is 5.75 Å². The number of imide groups is 1. The number of amides is 4. The Hall–Kier alpha value is -2.83. The second-order valence-electron chi connectivity index (χ2n) is 9.62. The molecule has 1 saturated carbocycles. The maximum Gasteiger partial charge on any atom is 0.324 e. The Bertz CT molecular complexity index is 959. The van der Waals surface area contributed by atoms with E-state index in [1.165, 1.54) is 4.90 Å². The minimum Gasteiger partial charge on any atom is -0.497 e. The predicted octanol–water partition coefficient (Wildman–Crippen LogP) is 4.32. The summed E-state index contributed by atoms with van der Waals surface area (Å²) in [6.07, 6.45) is 5.33. The molecule has 3 aliphatic rings. The van der Waals surface area contributed by atoms with Crippen LogP contribution in [0.2, 0.25) is 0 Å². The van der Waals surface area contributed by atoms with Gasteiger partial charge in [-0.15, -0.1) is 0 Å². The lowest BCUT2D eigenvalue weighted by molar-refractivity contribution is -0.143. The summed E-state index contributed by atoms with van der Waals surface area (Å²) in [5.41, 5.74) is 2.18. The zero-order chi connectivity index (χ0) is 23.2. The highest BCUT2D eigenvalue weighted by atomic mass is 16.5. The molecular weight excluding hydrogens is 406 g/mol. The maximum atomic E-state index is 13.6. The normalized spacial score (nSPS) is 25.1. The Morgan fingerprint density at radius 1 is 1.19 bits per heavy atom. The Balaban J connectivity index is 1.62. The molecule has 0 bridgehead atoms. The molecule has 1 N–H and O–H groups in total. The van der Waals surface area contributed by atoms with Crippen LogP contribution in [0.5, 0.6) is 5.75 Å². The number of ether oxygens (including phenoxy) is 1. The summed E-state index contributed by atoms with van der Waals surface area (Å²) < 4.78 is 5.37. The number of likely N-dealkylation sites (tertiary alicyclic amines) is 1. The van der Waals surface area contributed by atoms with E-state index < -0.39 is 11.7 Å². The summed E-state index contributed by atoms with van der Waals surface area (Å²) in [4.78, 5) is 42.8. The molecule has 0 radical (unpaired) electrons. The topological polar surface area (TPSA) is 79.0 Å². The summed E-state index contributed by atoms with van der Waals surface area (Å²) in [5, 5.41) is 3.00. The molecule has 7 heteroatoms. The predicted molar refractivity (Wildman–Crippen MR) is 123 cm³/mol. The number of carbonyl (C=O) groups excluding carboxylic acids is 3. The van der Waals surface area contributed by atoms with Crippen molar-refractivity contribution >= 4 is 29.1 Å². The molecule has 1 aliphatic carbocycles. The van der Waals surface area contributed by atoms with Crippen LogP contribution >= 0.6 is 0 Å². The van der Waals surface area contributed by atoms with Crippen molar-refractivity contribution < 1.29 is 19.1 Å². The molecule has 2 heterocycles. The van der Waals surface area contributed by atoms with Crippen LogP contribution in [0.3, 0.4) is 0 Å². The van der Waals surface area contributed by atoms with Crippen LogP contribution in [-0.2, 0) is 9.59 Å². The van der Waals surface area contributed by atoms with Gasteiger partial charge in [0, 0.05) is 5.56 Å². The fraction of sp³-hybridized carbons (Fsp3) is 0.560. The smallest absolute Gasteiger partial charge is 0.324 e. The molecule has 1 saturated heterocycles. The third kappa shape index (κ3) is 3.57. The Morgan fingerprint density at radius 3 is 2.38 bits per heavy atom. The number of benzene rings is 1. The van der Waals surface area contributed by atoms with Crippen LogP contribution in [0.25, 0.3) is 5.57 Å². The van der Waals surface area contributed by atoms with Crippen molar-refractivity contribution in [3.05, 3.63) is 29.8 Å². The Morgan fingerprint density at radius 2 is 1.81 bits per heavy atom. The van der Waals surface area contributed by atoms with Gasteiger partial charge in [-0.05, 0) is 63.8 Å². The molecule has 4 amide bonds. The minimum absolute atomic E-state index is 0.134. The third-order valence-electron chi connectivity index (χ3n) is 7.08. The maximum absolute atomic E-state index is 13.6. The van der Waals surface area contributed by atoms with Gasteiger partial charge >= 0.3 is 6.03 Å². The van der Waals surface area contributed by atoms with Gasteiger partial charge in [0.2, 0.25) is 11.8 Å². The summed E-state index contributed by atoms with van der Waals surface area (Å²) >= 11 is 0. The number of allylic oxidation sites excluding steroid dienone is 1. The monoisotopic (exact) mass is 439 g/mol. The average Bonchev–Trinajstić information content (AvgIpc) is 3.01. The molecule has 172 valence electrons. The van der Waals surface area contributed by atoms with Gasteiger partial charge in [-0.1, -0.05) is 25.8 Å². The fourth-order valence-electron chi connectivity index (χ4n) is 5.56. The van der Waals surface area contributed by atoms with Gasteiger partial charge in [0.1, 0.15) is 11.9 Å². The van der Waals surface area contributed by atoms with Crippen LogP contribution in [0.4, 0.5) is 10.5 Å². The third-order valence-corrected chi connectivity index (χ3v) is 7.08. The largest absolute Gasteiger partial charge is 0.497 e. The first kappa shape index (κ1) is 22.4. The number of anilines is 1. The lowest BCUT2D eigenvalue weighted by Gasteiger charge is -2.42. The highest BCUT2D eigenvalue weighted by Crippen LogP contribution is 2.41. The van der Waals surface area contributed by atoms with E-state index in [0.717, 1.165) is 48.3 Å². The molecule has 0 unspecified atom stereocenters. The van der Waals surface area contributed by atoms with Crippen LogP contribution in [0, 0.1) is 11.8 Å². The number of methoxy groups -OCH3 is 1. The lowest BCUT2D eigenvalue weighted by atomic mass is 9.81. The van der Waals surface area contributed by atoms with Crippen LogP contribution in [0.15, 0.2) is 24.3 Å². The van der Waals surface area contributed by atoms with Crippen molar-refractivity contribution in [2.75, 3.05) is 12.0 Å². The first-order chi connectivity index (χ1) is 15.2. The number of nitrogens with one attached hydrogen (secondary N) is 1. The molecular formula is C25H33N3O4. The van der Waals surface area contributed by atoms with Gasteiger partial charge in [-0.2, -0.15) is 0 Å². The highest BCUT2D eigenvalue weighted by Gasteiger charge is 2.50. The minimum atomic E-state index is -0.655. The van der Waals surface area contributed by atoms with Crippen molar-refractivity contribution in [1.29, 1.82) is 0 Å². The van der Waals surface area contributed by atoms with E-state index in [1.54, 1.807) is 12.0 Å². The number of hydrogen-bond acceptors (Lipinski definition) is 4. The van der Waals surface area contributed by atoms with Gasteiger partial charge in [-0.3, -0.25) is 19.4 Å². The first-order valence-electron chi connectivity index (χ1n) is 11.5. The van der Waals surface area contributed by atoms with Crippen molar-refractivity contribution in [1.82, 2.24) is 10.2 Å². The number of rotatable bonds is 4. The first-order valence-corrected chi connectivity index (χ1v) is 11.5. The van der Waals surface area contributed by atoms with Gasteiger partial charge in [-0.25, -0.2) is 4.79 Å². The quantitative estimate of drug-likeness (QED) is 0.709. The van der Waals surface area contributed by atoms with Crippen LogP contribution in [-0.4, -0.2) is 41.6 Å². The standard InChI is InChI=1S/C25H33N3O4/c1-6-21(27-22(29)17-9-7-8-10-18(17)23(27)30)26-24(31)28-20-12-11-16(32-5)13-19(20)15(2)14-25(28,3)4/h11-14,17-18,21H,6-10H2,1-5H3,(H,26,31)/t17-,18-,21+/m0/s1. The van der Waals surface area contributed by atoms with Crippen LogP contribution < -0.4 is 15.0 Å². The molecule has 1 aromatic carbocycles. The van der Waals surface area contributed by atoms with E-state index >= 15 is 0 Å². The molecule has 3 atom stereocenters. The molecule has 0 spiro atoms. The fourth-order valence-corrected chi connectivity index (χ4v) is 5.56. The second kappa shape index (κ2) is 8.26. The zero-order valence-corrected chi connectivity index (χ0v) is 19.6. The summed E-state index contributed by atoms with van der Waals surface area (Å²) in [5.74, 6) is -0.00469. The van der Waals surface area contributed by atoms with Gasteiger partial charge in [0.05, 0.1) is 30.2 Å². The van der Waals surface area contributed by atoms with E-state index in [-0.39, 0.29) is 29.7 Å². The van der Waals surface area contributed by atoms with Gasteiger partial charge in [0.25, 0.3) is 0 Å². The number of nitrogens with zero attached hydrogens (tertiary/aromatic N) is 2. The molecule has 2 aliphatic heterocycles. The molecule has 2 fully saturated rings. The van der Waals surface area contributed by atoms with Gasteiger partial charge < -0.3 is 10.1 Å². The van der Waals surface area contributed by atoms with Crippen molar-refractivity contribution in [3.63, 3.8) is 0 Å². The zero-order valence-electron chi connectivity index (χ0n) is 19.6. The Labute approximate surface area is 189 Å². The molecule has 7 nitrogen and oxygen atoms in total. The molecule has 1 aromatic rings. The number of urea groups is 1. The molecule has 32 heavy (non-hydrogen) atoms. The van der Waals surface area contributed by atoms with Crippen molar-refractivity contribution in [2.45, 2.75) is 71.5 Å². The van der Waals surface area contributed by atoms with E-state index in [9.17, 15) is 14.4 Å². The lowest BCUT2D eigenvalue weighted by Crippen LogP contribution is -2.59.